The molecule has 0 saturated heterocycles. The molecule has 1 aliphatic carbocycles. The van der Waals surface area contributed by atoms with Gasteiger partial charge in [-0.25, -0.2) is 8.42 Å². The minimum atomic E-state index is -3.62. The number of hydrogen-bond donors (Lipinski definition) is 0. The quantitative estimate of drug-likeness (QED) is 0.708. The molecule has 0 aliphatic heterocycles. The fourth-order valence-corrected chi connectivity index (χ4v) is 5.04. The van der Waals surface area contributed by atoms with Gasteiger partial charge in [0.15, 0.2) is 0 Å². The fraction of sp³-hybridized carbons (Fsp3) is 0.571. The lowest BCUT2D eigenvalue weighted by atomic mass is 10.2. The van der Waals surface area contributed by atoms with Crippen LogP contribution in [0.25, 0.3) is 0 Å². The van der Waals surface area contributed by atoms with E-state index in [-0.39, 0.29) is 16.0 Å². The second-order valence-electron chi connectivity index (χ2n) is 5.26. The van der Waals surface area contributed by atoms with E-state index in [4.69, 9.17) is 16.3 Å². The van der Waals surface area contributed by atoms with Crippen LogP contribution in [0.2, 0.25) is 5.02 Å². The zero-order valence-electron chi connectivity index (χ0n) is 12.1. The maximum absolute atomic E-state index is 12.9. The van der Waals surface area contributed by atoms with Crippen LogP contribution in [-0.2, 0) is 14.8 Å². The highest BCUT2D eigenvalue weighted by atomic mass is 79.9. The van der Waals surface area contributed by atoms with E-state index in [9.17, 15) is 8.42 Å². The molecule has 1 saturated carbocycles. The van der Waals surface area contributed by atoms with Crippen LogP contribution in [-0.4, -0.2) is 39.0 Å². The topological polar surface area (TPSA) is 46.6 Å². The number of rotatable bonds is 7. The molecule has 1 aromatic rings. The van der Waals surface area contributed by atoms with Gasteiger partial charge in [0.05, 0.1) is 11.6 Å². The van der Waals surface area contributed by atoms with E-state index in [2.05, 4.69) is 15.9 Å². The third-order valence-electron chi connectivity index (χ3n) is 3.75. The number of hydrogen-bond acceptors (Lipinski definition) is 3. The summed E-state index contributed by atoms with van der Waals surface area (Å²) in [6.45, 7) is 2.66. The molecule has 1 aliphatic rings. The molecule has 0 radical (unpaired) electrons. The van der Waals surface area contributed by atoms with Gasteiger partial charge in [0.1, 0.15) is 4.90 Å². The largest absolute Gasteiger partial charge is 0.383 e. The summed E-state index contributed by atoms with van der Waals surface area (Å²) < 4.78 is 33.2. The van der Waals surface area contributed by atoms with Crippen LogP contribution in [0.3, 0.4) is 0 Å². The van der Waals surface area contributed by atoms with Crippen LogP contribution < -0.4 is 0 Å². The number of sulfonamides is 1. The predicted molar refractivity (Wildman–Crippen MR) is 87.1 cm³/mol. The summed E-state index contributed by atoms with van der Waals surface area (Å²) in [7, 11) is -2.06. The van der Waals surface area contributed by atoms with Gasteiger partial charge in [-0.15, -0.1) is 0 Å². The number of ether oxygens (including phenoxy) is 1. The molecule has 2 rings (SSSR count). The Labute approximate surface area is 139 Å². The Bertz CT molecular complexity index is 604. The highest BCUT2D eigenvalue weighted by Gasteiger charge is 2.38. The molecule has 21 heavy (non-hydrogen) atoms. The smallest absolute Gasteiger partial charge is 0.244 e. The second-order valence-corrected chi connectivity index (χ2v) is 8.44. The van der Waals surface area contributed by atoms with Crippen LogP contribution in [0.1, 0.15) is 19.8 Å². The Hall–Kier alpha value is -0.140. The third-order valence-corrected chi connectivity index (χ3v) is 6.72. The Balaban J connectivity index is 2.35. The molecular formula is C14H19BrClNO3S. The van der Waals surface area contributed by atoms with Gasteiger partial charge in [0, 0.05) is 24.2 Å². The first kappa shape index (κ1) is 17.2. The molecule has 0 spiro atoms. The molecule has 1 fully saturated rings. The molecule has 0 heterocycles. The zero-order valence-corrected chi connectivity index (χ0v) is 15.2. The Morgan fingerprint density at radius 1 is 1.48 bits per heavy atom. The minimum Gasteiger partial charge on any atom is -0.383 e. The van der Waals surface area contributed by atoms with Crippen molar-refractivity contribution in [1.29, 1.82) is 0 Å². The summed E-state index contributed by atoms with van der Waals surface area (Å²) in [5.74, 6) is 0.436. The van der Waals surface area contributed by atoms with Crippen LogP contribution in [0.15, 0.2) is 27.6 Å². The van der Waals surface area contributed by atoms with Gasteiger partial charge in [0.25, 0.3) is 0 Å². The van der Waals surface area contributed by atoms with Gasteiger partial charge in [0.2, 0.25) is 10.0 Å². The first-order chi connectivity index (χ1) is 9.87. The lowest BCUT2D eigenvalue weighted by molar-refractivity contribution is 0.164. The van der Waals surface area contributed by atoms with E-state index < -0.39 is 10.0 Å². The summed E-state index contributed by atoms with van der Waals surface area (Å²) in [6.07, 6.45) is 2.16. The van der Waals surface area contributed by atoms with Crippen molar-refractivity contribution in [3.05, 3.63) is 27.7 Å². The molecule has 118 valence electrons. The van der Waals surface area contributed by atoms with Crippen molar-refractivity contribution >= 4 is 37.6 Å². The van der Waals surface area contributed by atoms with Crippen molar-refractivity contribution in [1.82, 2.24) is 4.31 Å². The van der Waals surface area contributed by atoms with Gasteiger partial charge < -0.3 is 4.74 Å². The lowest BCUT2D eigenvalue weighted by Gasteiger charge is -2.28. The van der Waals surface area contributed by atoms with Crippen LogP contribution in [0, 0.1) is 5.92 Å². The molecule has 1 atom stereocenters. The van der Waals surface area contributed by atoms with Crippen molar-refractivity contribution in [2.45, 2.75) is 30.7 Å². The van der Waals surface area contributed by atoms with E-state index >= 15 is 0 Å². The highest BCUT2D eigenvalue weighted by molar-refractivity contribution is 9.10. The number of halogens is 2. The summed E-state index contributed by atoms with van der Waals surface area (Å²) >= 11 is 9.42. The van der Waals surface area contributed by atoms with Crippen molar-refractivity contribution < 1.29 is 13.2 Å². The fourth-order valence-electron chi connectivity index (χ4n) is 2.35. The number of nitrogens with zero attached hydrogens (tertiary/aromatic N) is 1. The summed E-state index contributed by atoms with van der Waals surface area (Å²) in [6, 6.07) is 4.80. The average Bonchev–Trinajstić information content (AvgIpc) is 3.22. The van der Waals surface area contributed by atoms with Crippen LogP contribution in [0.5, 0.6) is 0 Å². The molecule has 0 N–H and O–H groups in total. The van der Waals surface area contributed by atoms with E-state index in [1.165, 1.54) is 4.31 Å². The van der Waals surface area contributed by atoms with E-state index in [0.29, 0.717) is 19.1 Å². The number of benzene rings is 1. The van der Waals surface area contributed by atoms with Gasteiger partial charge in [-0.2, -0.15) is 4.31 Å². The van der Waals surface area contributed by atoms with Gasteiger partial charge in [-0.1, -0.05) is 27.5 Å². The van der Waals surface area contributed by atoms with Gasteiger partial charge >= 0.3 is 0 Å². The molecule has 0 amide bonds. The third kappa shape index (κ3) is 3.99. The lowest BCUT2D eigenvalue weighted by Crippen LogP contribution is -2.42. The Morgan fingerprint density at radius 3 is 2.67 bits per heavy atom. The van der Waals surface area contributed by atoms with Crippen molar-refractivity contribution in [3.63, 3.8) is 0 Å². The first-order valence-corrected chi connectivity index (χ1v) is 9.45. The van der Waals surface area contributed by atoms with Gasteiger partial charge in [-0.3, -0.25) is 0 Å². The Kier molecular flexibility index (Phi) is 5.71. The minimum absolute atomic E-state index is 0.0372. The zero-order chi connectivity index (χ0) is 15.6. The van der Waals surface area contributed by atoms with E-state index in [1.807, 2.05) is 6.92 Å². The molecule has 1 unspecified atom stereocenters. The van der Waals surface area contributed by atoms with Crippen LogP contribution >= 0.6 is 27.5 Å². The predicted octanol–water partition coefficient (Wildman–Crippen LogP) is 3.54. The molecule has 1 aromatic carbocycles. The monoisotopic (exact) mass is 395 g/mol. The normalized spacial score (nSPS) is 17.2. The van der Waals surface area contributed by atoms with Crippen molar-refractivity contribution in [2.75, 3.05) is 20.3 Å². The van der Waals surface area contributed by atoms with E-state index in [1.54, 1.807) is 25.3 Å². The van der Waals surface area contributed by atoms with Crippen LogP contribution in [0.4, 0.5) is 0 Å². The number of methoxy groups -OCH3 is 1. The van der Waals surface area contributed by atoms with Crippen molar-refractivity contribution in [3.8, 4) is 0 Å². The summed E-state index contributed by atoms with van der Waals surface area (Å²) in [5, 5.41) is 0.231. The molecule has 0 bridgehead atoms. The highest BCUT2D eigenvalue weighted by Crippen LogP contribution is 2.38. The standard InChI is InChI=1S/C14H19BrClNO3S/c1-10(11-3-4-11)17(7-8-20-2)21(18,19)14-6-5-12(15)9-13(14)16/h5-6,9-11H,3-4,7-8H2,1-2H3. The second kappa shape index (κ2) is 6.96. The molecule has 4 nitrogen and oxygen atoms in total. The molecule has 0 aromatic heterocycles. The summed E-state index contributed by atoms with van der Waals surface area (Å²) in [5.41, 5.74) is 0. The SMILES string of the molecule is COCCN(C(C)C1CC1)S(=O)(=O)c1ccc(Br)cc1Cl. The van der Waals surface area contributed by atoms with E-state index in [0.717, 1.165) is 17.3 Å². The first-order valence-electron chi connectivity index (χ1n) is 6.83. The maximum Gasteiger partial charge on any atom is 0.244 e. The average molecular weight is 397 g/mol. The summed E-state index contributed by atoms with van der Waals surface area (Å²) in [4.78, 5) is 0.149. The Morgan fingerprint density at radius 2 is 2.14 bits per heavy atom. The maximum atomic E-state index is 12.9. The van der Waals surface area contributed by atoms with Gasteiger partial charge in [-0.05, 0) is 43.9 Å². The molecular weight excluding hydrogens is 378 g/mol. The van der Waals surface area contributed by atoms with Crippen molar-refractivity contribution in [2.24, 2.45) is 5.92 Å². The molecule has 7 heteroatoms.